The van der Waals surface area contributed by atoms with Gasteiger partial charge in [-0.05, 0) is 106 Å². The number of carbonyl (C=O) groups excluding carboxylic acids is 3. The van der Waals surface area contributed by atoms with Gasteiger partial charge in [-0.15, -0.1) is 18.3 Å². The summed E-state index contributed by atoms with van der Waals surface area (Å²) in [5.74, 6) is -0.503. The average Bonchev–Trinajstić information content (AvgIpc) is 3.55. The molecule has 4 aliphatic rings. The second-order valence-corrected chi connectivity index (χ2v) is 18.1. The van der Waals surface area contributed by atoms with E-state index in [-0.39, 0.29) is 46.6 Å². The van der Waals surface area contributed by atoms with Crippen molar-refractivity contribution in [1.82, 2.24) is 0 Å². The molecule has 1 aliphatic heterocycles. The quantitative estimate of drug-likeness (QED) is 0.128. The number of anilines is 1. The van der Waals surface area contributed by atoms with Crippen molar-refractivity contribution in [2.24, 2.45) is 34.0 Å². The van der Waals surface area contributed by atoms with Crippen LogP contribution in [0.5, 0.6) is 0 Å². The molecule has 1 amide bonds. The van der Waals surface area contributed by atoms with E-state index in [1.54, 1.807) is 12.1 Å². The van der Waals surface area contributed by atoms with Gasteiger partial charge in [0, 0.05) is 39.3 Å². The van der Waals surface area contributed by atoms with E-state index in [0.717, 1.165) is 29.6 Å². The molecule has 0 spiro atoms. The molecule has 3 saturated carbocycles. The molecule has 4 fully saturated rings. The summed E-state index contributed by atoms with van der Waals surface area (Å²) in [4.78, 5) is 41.3. The van der Waals surface area contributed by atoms with Crippen LogP contribution in [0.2, 0.25) is 0 Å². The van der Waals surface area contributed by atoms with Crippen LogP contribution in [-0.4, -0.2) is 59.0 Å². The number of hydrogen-bond acceptors (Lipinski definition) is 8. The fourth-order valence-electron chi connectivity index (χ4n) is 9.47. The van der Waals surface area contributed by atoms with Crippen LogP contribution in [-0.2, 0) is 23.6 Å². The first-order valence-electron chi connectivity index (χ1n) is 18.4. The Morgan fingerprint density at radius 2 is 1.71 bits per heavy atom. The van der Waals surface area contributed by atoms with Crippen molar-refractivity contribution >= 4 is 47.7 Å². The molecule has 1 saturated heterocycles. The number of carbonyl (C=O) groups is 3. The highest BCUT2D eigenvalue weighted by atomic mass is 32.2. The van der Waals surface area contributed by atoms with E-state index >= 15 is 0 Å². The molecule has 2 bridgehead atoms. The summed E-state index contributed by atoms with van der Waals surface area (Å²) in [7, 11) is -0.506. The van der Waals surface area contributed by atoms with Crippen LogP contribution in [0, 0.1) is 34.0 Å². The molecule has 0 unspecified atom stereocenters. The summed E-state index contributed by atoms with van der Waals surface area (Å²) in [6.45, 7) is 20.6. The Bertz CT molecular complexity index is 1680. The summed E-state index contributed by atoms with van der Waals surface area (Å²) in [6.07, 6.45) is 4.04. The highest BCUT2D eigenvalue weighted by Crippen LogP contribution is 2.68. The lowest BCUT2D eigenvalue weighted by Gasteiger charge is -2.61. The standard InChI is InChI=1S/C41H54BNO7S/c1-10-39(8)23-32(40(9)25(2)18-20-41(26(3)35(39)46)21-19-31(44)34(40)41)48-33(45)24-51-30-13-11-12-29(22-30)43-36(47)27-14-16-28(17-15-27)42-49-37(4,5)38(6,7)50-42/h10-17,22,25-26,32,34-35,46H,1,18-21,23-24H2,2-9H3,(H,43,47)/t25-,26+,32-,34+,35+,39-,40+,41+/m1/s1. The number of benzene rings is 2. The first kappa shape index (κ1) is 37.8. The van der Waals surface area contributed by atoms with Gasteiger partial charge in [0.25, 0.3) is 5.91 Å². The summed E-state index contributed by atoms with van der Waals surface area (Å²) in [5.41, 5.74) is -0.511. The van der Waals surface area contributed by atoms with Crippen molar-refractivity contribution in [2.75, 3.05) is 11.1 Å². The van der Waals surface area contributed by atoms with Crippen LogP contribution in [0.15, 0.2) is 66.1 Å². The number of rotatable bonds is 8. The van der Waals surface area contributed by atoms with Gasteiger partial charge >= 0.3 is 13.1 Å². The van der Waals surface area contributed by atoms with Crippen LogP contribution in [0.3, 0.4) is 0 Å². The number of ketones is 1. The maximum absolute atomic E-state index is 13.7. The van der Waals surface area contributed by atoms with Gasteiger partial charge in [-0.25, -0.2) is 0 Å². The molecule has 0 radical (unpaired) electrons. The summed E-state index contributed by atoms with van der Waals surface area (Å²) < 4.78 is 18.7. The number of aliphatic hydroxyl groups is 1. The number of Topliss-reactive ketones (excluding diaryl/α,β-unsaturated/α-hetero) is 1. The van der Waals surface area contributed by atoms with E-state index in [2.05, 4.69) is 32.7 Å². The number of thioether (sulfide) groups is 1. The van der Waals surface area contributed by atoms with Crippen molar-refractivity contribution in [3.05, 3.63) is 66.7 Å². The van der Waals surface area contributed by atoms with Crippen molar-refractivity contribution in [3.8, 4) is 0 Å². The van der Waals surface area contributed by atoms with Crippen LogP contribution >= 0.6 is 11.8 Å². The SMILES string of the molecule is C=C[C@]1(C)C[C@@H](OC(=O)CSc2cccc(NC(=O)c3ccc(B4OC(C)(C)C(C)(C)O4)cc3)c2)[C@]2(C)[C@H](C)CC[C@]3(CCC(=O)[C@H]32)[C@@H](C)[C@@H]1O. The second kappa shape index (κ2) is 13.5. The topological polar surface area (TPSA) is 111 Å². The highest BCUT2D eigenvalue weighted by molar-refractivity contribution is 8.00. The number of ether oxygens (including phenoxy) is 1. The molecule has 8 nitrogen and oxygen atoms in total. The molecule has 3 aliphatic carbocycles. The lowest BCUT2D eigenvalue weighted by Crippen LogP contribution is -2.63. The average molecular weight is 716 g/mol. The normalized spacial score (nSPS) is 35.4. The molecular weight excluding hydrogens is 661 g/mol. The van der Waals surface area contributed by atoms with Gasteiger partial charge in [0.05, 0.1) is 23.1 Å². The van der Waals surface area contributed by atoms with Crippen molar-refractivity contribution in [2.45, 2.75) is 116 Å². The van der Waals surface area contributed by atoms with Crippen LogP contribution in [0.1, 0.15) is 97.9 Å². The molecule has 10 heteroatoms. The van der Waals surface area contributed by atoms with E-state index in [9.17, 15) is 19.5 Å². The summed E-state index contributed by atoms with van der Waals surface area (Å²) >= 11 is 1.34. The zero-order valence-electron chi connectivity index (χ0n) is 31.4. The third kappa shape index (κ3) is 6.53. The maximum Gasteiger partial charge on any atom is 0.494 e. The largest absolute Gasteiger partial charge is 0.494 e. The number of aliphatic hydroxyl groups excluding tert-OH is 1. The number of hydrogen-bond donors (Lipinski definition) is 2. The first-order valence-corrected chi connectivity index (χ1v) is 19.4. The Kier molecular flexibility index (Phi) is 10.0. The van der Waals surface area contributed by atoms with Gasteiger partial charge in [0.1, 0.15) is 11.9 Å². The van der Waals surface area contributed by atoms with Crippen LogP contribution in [0.25, 0.3) is 0 Å². The van der Waals surface area contributed by atoms with Gasteiger partial charge in [-0.2, -0.15) is 0 Å². The molecule has 2 N–H and O–H groups in total. The summed E-state index contributed by atoms with van der Waals surface area (Å²) in [6, 6.07) is 14.6. The van der Waals surface area contributed by atoms with Gasteiger partial charge in [-0.1, -0.05) is 52.0 Å². The van der Waals surface area contributed by atoms with Gasteiger partial charge in [0.15, 0.2) is 0 Å². The number of amides is 1. The number of nitrogens with one attached hydrogen (secondary N) is 1. The van der Waals surface area contributed by atoms with Crippen LogP contribution < -0.4 is 10.8 Å². The Balaban J connectivity index is 1.12. The molecule has 8 atom stereocenters. The Hall–Kier alpha value is -2.92. The van der Waals surface area contributed by atoms with Gasteiger partial charge < -0.3 is 24.5 Å². The van der Waals surface area contributed by atoms with Crippen molar-refractivity contribution in [3.63, 3.8) is 0 Å². The third-order valence-electron chi connectivity index (χ3n) is 13.7. The minimum Gasteiger partial charge on any atom is -0.461 e. The minimum atomic E-state index is -0.706. The Labute approximate surface area is 308 Å². The van der Waals surface area contributed by atoms with Crippen LogP contribution in [0.4, 0.5) is 5.69 Å². The van der Waals surface area contributed by atoms with Gasteiger partial charge in [0.2, 0.25) is 0 Å². The predicted molar refractivity (Wildman–Crippen MR) is 202 cm³/mol. The molecule has 274 valence electrons. The fraction of sp³-hybridized carbons (Fsp3) is 0.585. The van der Waals surface area contributed by atoms with E-state index in [1.807, 2.05) is 77.1 Å². The summed E-state index contributed by atoms with van der Waals surface area (Å²) in [5, 5.41) is 14.7. The molecule has 0 aromatic heterocycles. The van der Waals surface area contributed by atoms with E-state index in [0.29, 0.717) is 24.1 Å². The molecular formula is C41H54BNO7S. The smallest absolute Gasteiger partial charge is 0.461 e. The Morgan fingerprint density at radius 3 is 2.35 bits per heavy atom. The zero-order chi connectivity index (χ0) is 37.1. The number of esters is 1. The Morgan fingerprint density at radius 1 is 1.04 bits per heavy atom. The lowest BCUT2D eigenvalue weighted by atomic mass is 9.44. The van der Waals surface area contributed by atoms with Crippen molar-refractivity contribution < 1.29 is 33.5 Å². The molecule has 2 aromatic carbocycles. The third-order valence-corrected chi connectivity index (χ3v) is 14.7. The lowest BCUT2D eigenvalue weighted by molar-refractivity contribution is -0.205. The maximum atomic E-state index is 13.7. The molecule has 6 rings (SSSR count). The van der Waals surface area contributed by atoms with E-state index in [4.69, 9.17) is 14.0 Å². The highest BCUT2D eigenvalue weighted by Gasteiger charge is 2.68. The van der Waals surface area contributed by atoms with Gasteiger partial charge in [-0.3, -0.25) is 14.4 Å². The molecule has 51 heavy (non-hydrogen) atoms. The fourth-order valence-corrected chi connectivity index (χ4v) is 10.2. The molecule has 2 aromatic rings. The van der Waals surface area contributed by atoms with E-state index < -0.39 is 41.4 Å². The van der Waals surface area contributed by atoms with Crippen molar-refractivity contribution in [1.29, 1.82) is 0 Å². The van der Waals surface area contributed by atoms with E-state index in [1.165, 1.54) is 11.8 Å². The molecule has 1 heterocycles. The first-order chi connectivity index (χ1) is 23.9. The minimum absolute atomic E-state index is 0.0618. The predicted octanol–water partition coefficient (Wildman–Crippen LogP) is 7.24. The zero-order valence-corrected chi connectivity index (χ0v) is 32.2. The monoisotopic (exact) mass is 715 g/mol. The second-order valence-electron chi connectivity index (χ2n) is 17.0.